The van der Waals surface area contributed by atoms with Crippen molar-refractivity contribution in [2.24, 2.45) is 4.99 Å². The maximum atomic E-state index is 11.0. The van der Waals surface area contributed by atoms with Gasteiger partial charge in [0.05, 0.1) is 13.7 Å². The highest BCUT2D eigenvalue weighted by Crippen LogP contribution is 2.37. The third kappa shape index (κ3) is 7.60. The second-order valence-corrected chi connectivity index (χ2v) is 7.24. The first-order valence-corrected chi connectivity index (χ1v) is 8.81. The van der Waals surface area contributed by atoms with Crippen molar-refractivity contribution in [3.05, 3.63) is 0 Å². The Hall–Kier alpha value is -0.910. The van der Waals surface area contributed by atoms with E-state index in [-0.39, 0.29) is 5.97 Å². The first kappa shape index (κ1) is 18.1. The molecule has 0 aliphatic carbocycles. The Morgan fingerprint density at radius 3 is 2.81 bits per heavy atom. The van der Waals surface area contributed by atoms with Crippen LogP contribution < -0.4 is 10.6 Å². The smallest absolute Gasteiger partial charge is 0.305 e. The number of hydrogen-bond donors (Lipinski definition) is 2. The molecule has 1 fully saturated rings. The van der Waals surface area contributed by atoms with Crippen molar-refractivity contribution in [1.82, 2.24) is 10.6 Å². The SMILES string of the molecule is CCNC(=NCC1(C)CCCS1)NCCCCC(=O)OC. The lowest BCUT2D eigenvalue weighted by atomic mass is 10.1. The summed E-state index contributed by atoms with van der Waals surface area (Å²) >= 11 is 2.03. The number of nitrogens with zero attached hydrogens (tertiary/aromatic N) is 1. The molecule has 0 spiro atoms. The Balaban J connectivity index is 2.27. The van der Waals surface area contributed by atoms with Gasteiger partial charge in [0, 0.05) is 24.3 Å². The van der Waals surface area contributed by atoms with Gasteiger partial charge >= 0.3 is 5.97 Å². The highest BCUT2D eigenvalue weighted by Gasteiger charge is 2.29. The van der Waals surface area contributed by atoms with Crippen molar-refractivity contribution in [2.45, 2.75) is 50.7 Å². The fourth-order valence-electron chi connectivity index (χ4n) is 2.25. The average Bonchev–Trinajstić information content (AvgIpc) is 2.91. The fourth-order valence-corrected chi connectivity index (χ4v) is 3.48. The molecule has 0 aromatic heterocycles. The van der Waals surface area contributed by atoms with Gasteiger partial charge in [-0.3, -0.25) is 9.79 Å². The van der Waals surface area contributed by atoms with Crippen molar-refractivity contribution in [3.8, 4) is 0 Å². The van der Waals surface area contributed by atoms with Gasteiger partial charge in [0.2, 0.25) is 0 Å². The molecule has 0 bridgehead atoms. The number of nitrogens with one attached hydrogen (secondary N) is 2. The molecule has 1 rings (SSSR count). The Morgan fingerprint density at radius 1 is 1.38 bits per heavy atom. The quantitative estimate of drug-likeness (QED) is 0.311. The lowest BCUT2D eigenvalue weighted by Crippen LogP contribution is -2.39. The molecule has 1 atom stereocenters. The van der Waals surface area contributed by atoms with Gasteiger partial charge in [-0.15, -0.1) is 0 Å². The third-order valence-electron chi connectivity index (χ3n) is 3.54. The maximum Gasteiger partial charge on any atom is 0.305 e. The largest absolute Gasteiger partial charge is 0.469 e. The number of thioether (sulfide) groups is 1. The summed E-state index contributed by atoms with van der Waals surface area (Å²) in [6.07, 6.45) is 4.81. The summed E-state index contributed by atoms with van der Waals surface area (Å²) in [5.74, 6) is 2.00. The molecule has 1 heterocycles. The minimum absolute atomic E-state index is 0.137. The number of methoxy groups -OCH3 is 1. The van der Waals surface area contributed by atoms with Crippen molar-refractivity contribution in [2.75, 3.05) is 32.5 Å². The fraction of sp³-hybridized carbons (Fsp3) is 0.867. The van der Waals surface area contributed by atoms with Crippen LogP contribution >= 0.6 is 11.8 Å². The summed E-state index contributed by atoms with van der Waals surface area (Å²) in [4.78, 5) is 15.7. The molecule has 6 heteroatoms. The standard InChI is InChI=1S/C15H29N3O2S/c1-4-16-14(17-10-6-5-8-13(19)20-3)18-12-15(2)9-7-11-21-15/h4-12H2,1-3H3,(H2,16,17,18). The van der Waals surface area contributed by atoms with Gasteiger partial charge in [0.15, 0.2) is 5.96 Å². The van der Waals surface area contributed by atoms with Gasteiger partial charge < -0.3 is 15.4 Å². The van der Waals surface area contributed by atoms with Crippen molar-refractivity contribution in [3.63, 3.8) is 0 Å². The number of carbonyl (C=O) groups excluding carboxylic acids is 1. The van der Waals surface area contributed by atoms with Crippen LogP contribution in [0.3, 0.4) is 0 Å². The minimum Gasteiger partial charge on any atom is -0.469 e. The molecule has 1 unspecified atom stereocenters. The molecule has 0 amide bonds. The second kappa shape index (κ2) is 9.92. The summed E-state index contributed by atoms with van der Waals surface area (Å²) in [6, 6.07) is 0. The van der Waals surface area contributed by atoms with E-state index in [0.717, 1.165) is 38.4 Å². The number of ether oxygens (including phenoxy) is 1. The predicted molar refractivity (Wildman–Crippen MR) is 89.9 cm³/mol. The highest BCUT2D eigenvalue weighted by molar-refractivity contribution is 8.00. The van der Waals surface area contributed by atoms with Crippen LogP contribution in [0.2, 0.25) is 0 Å². The number of carbonyl (C=O) groups is 1. The van der Waals surface area contributed by atoms with Gasteiger partial charge in [0.1, 0.15) is 0 Å². The van der Waals surface area contributed by atoms with Crippen LogP contribution in [0.5, 0.6) is 0 Å². The molecule has 0 aromatic rings. The number of hydrogen-bond acceptors (Lipinski definition) is 4. The summed E-state index contributed by atoms with van der Waals surface area (Å²) in [5.41, 5.74) is 0. The highest BCUT2D eigenvalue weighted by atomic mass is 32.2. The Bertz CT molecular complexity index is 342. The van der Waals surface area contributed by atoms with Gasteiger partial charge in [-0.1, -0.05) is 0 Å². The zero-order valence-corrected chi connectivity index (χ0v) is 14.4. The van der Waals surface area contributed by atoms with E-state index in [0.29, 0.717) is 11.2 Å². The zero-order valence-electron chi connectivity index (χ0n) is 13.5. The first-order valence-electron chi connectivity index (χ1n) is 7.82. The molecular weight excluding hydrogens is 286 g/mol. The van der Waals surface area contributed by atoms with E-state index in [1.807, 2.05) is 11.8 Å². The third-order valence-corrected chi connectivity index (χ3v) is 5.07. The second-order valence-electron chi connectivity index (χ2n) is 5.56. The normalized spacial score (nSPS) is 22.1. The zero-order chi connectivity index (χ0) is 15.6. The summed E-state index contributed by atoms with van der Waals surface area (Å²) in [7, 11) is 1.43. The maximum absolute atomic E-state index is 11.0. The Labute approximate surface area is 132 Å². The van der Waals surface area contributed by atoms with E-state index in [1.165, 1.54) is 25.7 Å². The van der Waals surface area contributed by atoms with Gasteiger partial charge in [0.25, 0.3) is 0 Å². The van der Waals surface area contributed by atoms with Crippen LogP contribution in [-0.4, -0.2) is 49.2 Å². The minimum atomic E-state index is -0.137. The number of guanidine groups is 1. The molecule has 2 N–H and O–H groups in total. The lowest BCUT2D eigenvalue weighted by molar-refractivity contribution is -0.140. The molecule has 1 aliphatic rings. The van der Waals surface area contributed by atoms with Crippen LogP contribution in [0.15, 0.2) is 4.99 Å². The number of rotatable bonds is 8. The van der Waals surface area contributed by atoms with Crippen LogP contribution in [0.25, 0.3) is 0 Å². The van der Waals surface area contributed by atoms with Gasteiger partial charge in [-0.25, -0.2) is 0 Å². The van der Waals surface area contributed by atoms with Gasteiger partial charge in [-0.05, 0) is 45.3 Å². The topological polar surface area (TPSA) is 62.7 Å². The van der Waals surface area contributed by atoms with Crippen LogP contribution in [-0.2, 0) is 9.53 Å². The molecule has 0 radical (unpaired) electrons. The van der Waals surface area contributed by atoms with E-state index in [4.69, 9.17) is 4.99 Å². The molecule has 1 aliphatic heterocycles. The number of unbranched alkanes of at least 4 members (excludes halogenated alkanes) is 1. The number of esters is 1. The molecule has 5 nitrogen and oxygen atoms in total. The molecule has 21 heavy (non-hydrogen) atoms. The first-order chi connectivity index (χ1) is 10.1. The molecule has 0 aromatic carbocycles. The van der Waals surface area contributed by atoms with E-state index in [9.17, 15) is 4.79 Å². The Kier molecular flexibility index (Phi) is 8.57. The summed E-state index contributed by atoms with van der Waals surface area (Å²) < 4.78 is 4.92. The van der Waals surface area contributed by atoms with Crippen LogP contribution in [0.4, 0.5) is 0 Å². The van der Waals surface area contributed by atoms with Crippen LogP contribution in [0, 0.1) is 0 Å². The van der Waals surface area contributed by atoms with Crippen molar-refractivity contribution >= 4 is 23.7 Å². The molecule has 1 saturated heterocycles. The van der Waals surface area contributed by atoms with Crippen molar-refractivity contribution in [1.29, 1.82) is 0 Å². The predicted octanol–water partition coefficient (Wildman–Crippen LogP) is 2.17. The Morgan fingerprint density at radius 2 is 2.19 bits per heavy atom. The summed E-state index contributed by atoms with van der Waals surface area (Å²) in [5, 5.41) is 6.60. The molecule has 0 saturated carbocycles. The lowest BCUT2D eigenvalue weighted by Gasteiger charge is -2.21. The summed E-state index contributed by atoms with van der Waals surface area (Å²) in [6.45, 7) is 6.91. The number of aliphatic imine (C=N–C) groups is 1. The van der Waals surface area contributed by atoms with Crippen LogP contribution in [0.1, 0.15) is 46.0 Å². The van der Waals surface area contributed by atoms with Gasteiger partial charge in [-0.2, -0.15) is 11.8 Å². The van der Waals surface area contributed by atoms with E-state index in [2.05, 4.69) is 29.2 Å². The molecule has 122 valence electrons. The van der Waals surface area contributed by atoms with E-state index >= 15 is 0 Å². The van der Waals surface area contributed by atoms with Crippen molar-refractivity contribution < 1.29 is 9.53 Å². The monoisotopic (exact) mass is 315 g/mol. The van der Waals surface area contributed by atoms with E-state index in [1.54, 1.807) is 0 Å². The molecular formula is C15H29N3O2S. The average molecular weight is 315 g/mol. The van der Waals surface area contributed by atoms with E-state index < -0.39 is 0 Å².